The first-order valence-electron chi connectivity index (χ1n) is 6.06. The topological polar surface area (TPSA) is 98.2 Å². The molecule has 0 aromatic carbocycles. The van der Waals surface area contributed by atoms with Gasteiger partial charge in [0.05, 0.1) is 4.92 Å². The highest BCUT2D eigenvalue weighted by Gasteiger charge is 2.23. The Morgan fingerprint density at radius 3 is 2.83 bits per heavy atom. The fourth-order valence-corrected chi connectivity index (χ4v) is 2.46. The molecule has 18 heavy (non-hydrogen) atoms. The van der Waals surface area contributed by atoms with Gasteiger partial charge in [0.1, 0.15) is 6.20 Å². The van der Waals surface area contributed by atoms with Crippen LogP contribution < -0.4 is 10.6 Å². The van der Waals surface area contributed by atoms with Crippen LogP contribution in [0.5, 0.6) is 0 Å². The number of hydrogen-bond donors (Lipinski definition) is 1. The van der Waals surface area contributed by atoms with Gasteiger partial charge in [-0.3, -0.25) is 10.1 Å². The van der Waals surface area contributed by atoms with E-state index in [4.69, 9.17) is 5.73 Å². The van der Waals surface area contributed by atoms with E-state index in [-0.39, 0.29) is 11.6 Å². The van der Waals surface area contributed by atoms with E-state index in [9.17, 15) is 10.1 Å². The lowest BCUT2D eigenvalue weighted by atomic mass is 10.1. The summed E-state index contributed by atoms with van der Waals surface area (Å²) >= 11 is 0. The summed E-state index contributed by atoms with van der Waals surface area (Å²) in [5.41, 5.74) is 5.41. The fraction of sp³-hybridized carbons (Fsp3) is 0.636. The summed E-state index contributed by atoms with van der Waals surface area (Å²) in [4.78, 5) is 19.9. The van der Waals surface area contributed by atoms with Gasteiger partial charge in [-0.05, 0) is 18.8 Å². The van der Waals surface area contributed by atoms with Crippen molar-refractivity contribution in [3.05, 3.63) is 16.3 Å². The minimum Gasteiger partial charge on any atom is -0.368 e. The Morgan fingerprint density at radius 2 is 2.22 bits per heavy atom. The highest BCUT2D eigenvalue weighted by atomic mass is 16.6. The lowest BCUT2D eigenvalue weighted by Gasteiger charge is -2.21. The zero-order valence-corrected chi connectivity index (χ0v) is 10.4. The molecule has 2 N–H and O–H groups in total. The van der Waals surface area contributed by atoms with Crippen LogP contribution in [0.15, 0.2) is 6.20 Å². The third-order valence-corrected chi connectivity index (χ3v) is 3.33. The van der Waals surface area contributed by atoms with E-state index in [0.29, 0.717) is 11.7 Å². The standard InChI is InChI=1S/C11H17N5O2/c1-15(7-8-4-2-3-5-8)10-9(16(17)18)6-13-11(12)14-10/h6,8H,2-5,7H2,1H3,(H2,12,13,14). The van der Waals surface area contributed by atoms with Gasteiger partial charge in [-0.1, -0.05) is 12.8 Å². The van der Waals surface area contributed by atoms with Crippen molar-refractivity contribution in [2.75, 3.05) is 24.2 Å². The molecule has 1 aromatic heterocycles. The lowest BCUT2D eigenvalue weighted by molar-refractivity contribution is -0.384. The minimum absolute atomic E-state index is 0.0638. The summed E-state index contributed by atoms with van der Waals surface area (Å²) in [6.45, 7) is 0.775. The molecule has 0 radical (unpaired) electrons. The van der Waals surface area contributed by atoms with Gasteiger partial charge in [-0.15, -0.1) is 0 Å². The summed E-state index contributed by atoms with van der Waals surface area (Å²) in [6, 6.07) is 0. The second-order valence-electron chi connectivity index (χ2n) is 4.73. The molecule has 0 saturated heterocycles. The van der Waals surface area contributed by atoms with Crippen LogP contribution in [0.4, 0.5) is 17.5 Å². The van der Waals surface area contributed by atoms with Crippen molar-refractivity contribution >= 4 is 17.5 Å². The van der Waals surface area contributed by atoms with E-state index in [1.54, 1.807) is 0 Å². The molecule has 1 aliphatic carbocycles. The summed E-state index contributed by atoms with van der Waals surface area (Å²) in [5, 5.41) is 10.9. The molecule has 7 nitrogen and oxygen atoms in total. The highest BCUT2D eigenvalue weighted by Crippen LogP contribution is 2.29. The van der Waals surface area contributed by atoms with E-state index in [0.717, 1.165) is 6.54 Å². The summed E-state index contributed by atoms with van der Waals surface area (Å²) in [5.74, 6) is 0.957. The fourth-order valence-electron chi connectivity index (χ4n) is 2.46. The quantitative estimate of drug-likeness (QED) is 0.644. The molecule has 2 rings (SSSR count). The predicted octanol–water partition coefficient (Wildman–Crippen LogP) is 1.59. The van der Waals surface area contributed by atoms with Crippen molar-refractivity contribution in [2.24, 2.45) is 5.92 Å². The Hall–Kier alpha value is -1.92. The number of nitrogens with zero attached hydrogens (tertiary/aromatic N) is 4. The molecule has 0 spiro atoms. The molecule has 1 saturated carbocycles. The predicted molar refractivity (Wildman–Crippen MR) is 68.3 cm³/mol. The second-order valence-corrected chi connectivity index (χ2v) is 4.73. The first kappa shape index (κ1) is 12.5. The molecule has 0 unspecified atom stereocenters. The van der Waals surface area contributed by atoms with Gasteiger partial charge < -0.3 is 10.6 Å². The smallest absolute Gasteiger partial charge is 0.329 e. The first-order chi connectivity index (χ1) is 8.58. The Labute approximate surface area is 105 Å². The van der Waals surface area contributed by atoms with Crippen LogP contribution in [-0.4, -0.2) is 28.5 Å². The number of aromatic nitrogens is 2. The first-order valence-corrected chi connectivity index (χ1v) is 6.06. The normalized spacial score (nSPS) is 15.8. The van der Waals surface area contributed by atoms with Crippen LogP contribution in [0.3, 0.4) is 0 Å². The minimum atomic E-state index is -0.472. The number of nitrogen functional groups attached to an aromatic ring is 1. The zero-order chi connectivity index (χ0) is 13.1. The van der Waals surface area contributed by atoms with Gasteiger partial charge >= 0.3 is 5.69 Å². The zero-order valence-electron chi connectivity index (χ0n) is 10.4. The van der Waals surface area contributed by atoms with Crippen molar-refractivity contribution in [3.63, 3.8) is 0 Å². The Balaban J connectivity index is 2.19. The van der Waals surface area contributed by atoms with Gasteiger partial charge in [-0.2, -0.15) is 4.98 Å². The molecule has 1 fully saturated rings. The van der Waals surface area contributed by atoms with Gasteiger partial charge in [0, 0.05) is 13.6 Å². The van der Waals surface area contributed by atoms with E-state index in [2.05, 4.69) is 9.97 Å². The third kappa shape index (κ3) is 2.66. The maximum atomic E-state index is 10.9. The summed E-state index contributed by atoms with van der Waals surface area (Å²) in [7, 11) is 1.81. The molecule has 7 heteroatoms. The Bertz CT molecular complexity index is 445. The maximum Gasteiger partial charge on any atom is 0.329 e. The average molecular weight is 251 g/mol. The molecule has 98 valence electrons. The largest absolute Gasteiger partial charge is 0.368 e. The molecule has 0 aliphatic heterocycles. The molecule has 0 atom stereocenters. The van der Waals surface area contributed by atoms with E-state index in [1.165, 1.54) is 31.9 Å². The summed E-state index contributed by atoms with van der Waals surface area (Å²) in [6.07, 6.45) is 6.01. The number of anilines is 2. The average Bonchev–Trinajstić information content (AvgIpc) is 2.81. The van der Waals surface area contributed by atoms with Crippen LogP contribution in [0.1, 0.15) is 25.7 Å². The molecule has 1 aromatic rings. The SMILES string of the molecule is CN(CC1CCCC1)c1nc(N)ncc1[N+](=O)[O-]. The van der Waals surface area contributed by atoms with Gasteiger partial charge in [0.2, 0.25) is 11.8 Å². The van der Waals surface area contributed by atoms with Crippen LogP contribution in [0.2, 0.25) is 0 Å². The molecule has 0 amide bonds. The number of nitro groups is 1. The van der Waals surface area contributed by atoms with Crippen molar-refractivity contribution in [1.29, 1.82) is 0 Å². The van der Waals surface area contributed by atoms with Crippen LogP contribution in [0, 0.1) is 16.0 Å². The van der Waals surface area contributed by atoms with Gasteiger partial charge in [-0.25, -0.2) is 4.98 Å². The summed E-state index contributed by atoms with van der Waals surface area (Å²) < 4.78 is 0. The van der Waals surface area contributed by atoms with Gasteiger partial charge in [0.25, 0.3) is 0 Å². The van der Waals surface area contributed by atoms with Crippen LogP contribution in [0.25, 0.3) is 0 Å². The lowest BCUT2D eigenvalue weighted by Crippen LogP contribution is -2.26. The molecular formula is C11H17N5O2. The van der Waals surface area contributed by atoms with Crippen molar-refractivity contribution < 1.29 is 4.92 Å². The molecule has 1 aliphatic rings. The second kappa shape index (κ2) is 5.16. The Kier molecular flexibility index (Phi) is 3.59. The Morgan fingerprint density at radius 1 is 1.56 bits per heavy atom. The highest BCUT2D eigenvalue weighted by molar-refractivity contribution is 5.57. The van der Waals surface area contributed by atoms with Crippen molar-refractivity contribution in [1.82, 2.24) is 9.97 Å². The van der Waals surface area contributed by atoms with E-state index >= 15 is 0 Å². The number of hydrogen-bond acceptors (Lipinski definition) is 6. The number of rotatable bonds is 4. The third-order valence-electron chi connectivity index (χ3n) is 3.33. The van der Waals surface area contributed by atoms with Gasteiger partial charge in [0.15, 0.2) is 0 Å². The van der Waals surface area contributed by atoms with Crippen molar-refractivity contribution in [3.8, 4) is 0 Å². The van der Waals surface area contributed by atoms with E-state index < -0.39 is 4.92 Å². The van der Waals surface area contributed by atoms with Crippen LogP contribution >= 0.6 is 0 Å². The maximum absolute atomic E-state index is 10.9. The monoisotopic (exact) mass is 251 g/mol. The molecular weight excluding hydrogens is 234 g/mol. The molecule has 0 bridgehead atoms. The van der Waals surface area contributed by atoms with Crippen molar-refractivity contribution in [2.45, 2.75) is 25.7 Å². The number of nitrogens with two attached hydrogens (primary N) is 1. The van der Waals surface area contributed by atoms with Crippen LogP contribution in [-0.2, 0) is 0 Å². The molecule has 1 heterocycles. The van der Waals surface area contributed by atoms with E-state index in [1.807, 2.05) is 11.9 Å².